The number of aryl methyl sites for hydroxylation is 1. The van der Waals surface area contributed by atoms with E-state index in [0.717, 1.165) is 29.1 Å². The molecule has 0 spiro atoms. The summed E-state index contributed by atoms with van der Waals surface area (Å²) in [4.78, 5) is 18.5. The minimum Gasteiger partial charge on any atom is -0.375 e. The quantitative estimate of drug-likeness (QED) is 0.593. The van der Waals surface area contributed by atoms with Crippen LogP contribution in [-0.2, 0) is 4.79 Å². The van der Waals surface area contributed by atoms with Gasteiger partial charge in [-0.3, -0.25) is 9.79 Å². The molecule has 5 rings (SSSR count). The van der Waals surface area contributed by atoms with Gasteiger partial charge in [0.05, 0.1) is 23.3 Å². The van der Waals surface area contributed by atoms with Crippen molar-refractivity contribution in [2.24, 2.45) is 10.9 Å². The van der Waals surface area contributed by atoms with Crippen molar-refractivity contribution in [2.75, 3.05) is 5.32 Å². The second kappa shape index (κ2) is 7.32. The number of nitrogens with zero attached hydrogens (tertiary/aromatic N) is 1. The van der Waals surface area contributed by atoms with Crippen molar-refractivity contribution in [3.63, 3.8) is 0 Å². The highest BCUT2D eigenvalue weighted by Crippen LogP contribution is 2.43. The van der Waals surface area contributed by atoms with Gasteiger partial charge in [0.1, 0.15) is 5.78 Å². The molecule has 3 atom stereocenters. The molecule has 1 aliphatic carbocycles. The molecule has 1 heterocycles. The molecule has 1 N–H and O–H groups in total. The molecule has 3 aromatic carbocycles. The van der Waals surface area contributed by atoms with Gasteiger partial charge in [-0.2, -0.15) is 0 Å². The second-order valence-corrected chi connectivity index (χ2v) is 8.11. The van der Waals surface area contributed by atoms with Crippen molar-refractivity contribution in [1.82, 2.24) is 0 Å². The third-order valence-corrected chi connectivity index (χ3v) is 6.13. The fraction of sp³-hybridized carbons (Fsp3) is 0.231. The summed E-state index contributed by atoms with van der Waals surface area (Å²) < 4.78 is 0. The fourth-order valence-electron chi connectivity index (χ4n) is 4.61. The molecule has 3 nitrogen and oxygen atoms in total. The maximum Gasteiger partial charge on any atom is 0.144 e. The van der Waals surface area contributed by atoms with Crippen LogP contribution in [0.1, 0.15) is 41.5 Å². The number of para-hydroxylation sites is 2. The Morgan fingerprint density at radius 2 is 1.55 bits per heavy atom. The maximum absolute atomic E-state index is 13.4. The molecule has 1 aliphatic heterocycles. The molecule has 0 aromatic heterocycles. The zero-order valence-electron chi connectivity index (χ0n) is 16.5. The first-order valence-corrected chi connectivity index (χ1v) is 10.3. The van der Waals surface area contributed by atoms with Crippen molar-refractivity contribution in [3.8, 4) is 0 Å². The van der Waals surface area contributed by atoms with Gasteiger partial charge in [-0.15, -0.1) is 0 Å². The Hall–Kier alpha value is -3.20. The molecule has 0 bridgehead atoms. The van der Waals surface area contributed by atoms with E-state index < -0.39 is 0 Å². The Balaban J connectivity index is 1.60. The second-order valence-electron chi connectivity index (χ2n) is 8.11. The summed E-state index contributed by atoms with van der Waals surface area (Å²) in [5, 5.41) is 3.64. The molecule has 2 aliphatic rings. The molecule has 0 saturated heterocycles. The molecule has 0 radical (unpaired) electrons. The molecule has 0 amide bonds. The third kappa shape index (κ3) is 3.38. The van der Waals surface area contributed by atoms with Crippen molar-refractivity contribution >= 4 is 22.9 Å². The van der Waals surface area contributed by atoms with Crippen LogP contribution < -0.4 is 5.32 Å². The lowest BCUT2D eigenvalue weighted by molar-refractivity contribution is -0.122. The number of aliphatic imine (C=N–C) groups is 1. The molecular formula is C26H24N2O. The number of anilines is 1. The van der Waals surface area contributed by atoms with Crippen LogP contribution in [0.15, 0.2) is 83.9 Å². The molecule has 3 heteroatoms. The summed E-state index contributed by atoms with van der Waals surface area (Å²) in [6, 6.07) is 26.9. The van der Waals surface area contributed by atoms with Gasteiger partial charge in [0.15, 0.2) is 0 Å². The smallest absolute Gasteiger partial charge is 0.144 e. The number of ketones is 1. The van der Waals surface area contributed by atoms with Gasteiger partial charge < -0.3 is 5.32 Å². The Kier molecular flexibility index (Phi) is 4.51. The first-order valence-electron chi connectivity index (χ1n) is 10.3. The Morgan fingerprint density at radius 1 is 0.828 bits per heavy atom. The van der Waals surface area contributed by atoms with E-state index in [1.165, 1.54) is 11.1 Å². The lowest BCUT2D eigenvalue weighted by atomic mass is 9.72. The minimum absolute atomic E-state index is 0.0952. The number of rotatable bonds is 2. The van der Waals surface area contributed by atoms with Crippen molar-refractivity contribution < 1.29 is 4.79 Å². The first kappa shape index (κ1) is 17.9. The molecule has 1 saturated carbocycles. The van der Waals surface area contributed by atoms with Gasteiger partial charge >= 0.3 is 0 Å². The monoisotopic (exact) mass is 380 g/mol. The molecule has 3 aromatic rings. The number of fused-ring (bicyclic) bond motifs is 2. The SMILES string of the molecule is Cc1ccc([C@@H]2Nc3ccccc3N=C3C[C@H](c4ccccc4)CC(=O)[C@H]32)cc1. The average Bonchev–Trinajstić information content (AvgIpc) is 2.92. The maximum atomic E-state index is 13.4. The number of Topliss-reactive ketones (excluding diaryl/α,β-unsaturated/α-hetero) is 1. The Bertz CT molecular complexity index is 1070. The lowest BCUT2D eigenvalue weighted by Crippen LogP contribution is -2.38. The van der Waals surface area contributed by atoms with Crippen molar-refractivity contribution in [3.05, 3.63) is 95.6 Å². The van der Waals surface area contributed by atoms with Crippen LogP contribution in [0.25, 0.3) is 0 Å². The highest BCUT2D eigenvalue weighted by atomic mass is 16.1. The van der Waals surface area contributed by atoms with E-state index in [4.69, 9.17) is 4.99 Å². The highest BCUT2D eigenvalue weighted by Gasteiger charge is 2.41. The summed E-state index contributed by atoms with van der Waals surface area (Å²) in [7, 11) is 0. The van der Waals surface area contributed by atoms with E-state index in [1.807, 2.05) is 36.4 Å². The topological polar surface area (TPSA) is 41.5 Å². The minimum atomic E-state index is -0.231. The van der Waals surface area contributed by atoms with E-state index in [1.54, 1.807) is 0 Å². The van der Waals surface area contributed by atoms with Crippen LogP contribution in [0, 0.1) is 12.8 Å². The van der Waals surface area contributed by atoms with Crippen LogP contribution >= 0.6 is 0 Å². The molecule has 1 fully saturated rings. The fourth-order valence-corrected chi connectivity index (χ4v) is 4.61. The number of hydrogen-bond acceptors (Lipinski definition) is 3. The summed E-state index contributed by atoms with van der Waals surface area (Å²) in [5.74, 6) is 0.238. The zero-order chi connectivity index (χ0) is 19.8. The van der Waals surface area contributed by atoms with E-state index in [0.29, 0.717) is 6.42 Å². The number of hydrogen-bond donors (Lipinski definition) is 1. The van der Waals surface area contributed by atoms with Crippen LogP contribution in [0.2, 0.25) is 0 Å². The van der Waals surface area contributed by atoms with E-state index in [2.05, 4.69) is 54.7 Å². The van der Waals surface area contributed by atoms with Crippen LogP contribution in [0.3, 0.4) is 0 Å². The van der Waals surface area contributed by atoms with Gasteiger partial charge in [-0.05, 0) is 42.5 Å². The van der Waals surface area contributed by atoms with Crippen LogP contribution in [0.4, 0.5) is 11.4 Å². The largest absolute Gasteiger partial charge is 0.375 e. The summed E-state index contributed by atoms with van der Waals surface area (Å²) in [6.07, 6.45) is 1.38. The van der Waals surface area contributed by atoms with Crippen LogP contribution in [0.5, 0.6) is 0 Å². The summed E-state index contributed by atoms with van der Waals surface area (Å²) in [5.41, 5.74) is 6.48. The average molecular weight is 380 g/mol. The van der Waals surface area contributed by atoms with Gasteiger partial charge in [0.25, 0.3) is 0 Å². The van der Waals surface area contributed by atoms with Gasteiger partial charge in [0, 0.05) is 12.1 Å². The zero-order valence-corrected chi connectivity index (χ0v) is 16.5. The molecule has 29 heavy (non-hydrogen) atoms. The number of benzene rings is 3. The molecular weight excluding hydrogens is 356 g/mol. The predicted molar refractivity (Wildman–Crippen MR) is 118 cm³/mol. The summed E-state index contributed by atoms with van der Waals surface area (Å²) >= 11 is 0. The third-order valence-electron chi connectivity index (χ3n) is 6.13. The number of carbonyl (C=O) groups is 1. The van der Waals surface area contributed by atoms with Gasteiger partial charge in [-0.25, -0.2) is 0 Å². The predicted octanol–water partition coefficient (Wildman–Crippen LogP) is 6.00. The van der Waals surface area contributed by atoms with Gasteiger partial charge in [0.2, 0.25) is 0 Å². The van der Waals surface area contributed by atoms with E-state index >= 15 is 0 Å². The van der Waals surface area contributed by atoms with Gasteiger partial charge in [-0.1, -0.05) is 72.3 Å². The Morgan fingerprint density at radius 3 is 2.34 bits per heavy atom. The summed E-state index contributed by atoms with van der Waals surface area (Å²) in [6.45, 7) is 2.09. The van der Waals surface area contributed by atoms with E-state index in [9.17, 15) is 4.79 Å². The Labute approximate surface area is 171 Å². The normalized spacial score (nSPS) is 23.3. The number of carbonyl (C=O) groups excluding carboxylic acids is 1. The van der Waals surface area contributed by atoms with Crippen molar-refractivity contribution in [2.45, 2.75) is 31.7 Å². The lowest BCUT2D eigenvalue weighted by Gasteiger charge is -2.34. The van der Waals surface area contributed by atoms with Crippen LogP contribution in [-0.4, -0.2) is 11.5 Å². The molecule has 144 valence electrons. The number of nitrogens with one attached hydrogen (secondary N) is 1. The van der Waals surface area contributed by atoms with Crippen molar-refractivity contribution in [1.29, 1.82) is 0 Å². The highest BCUT2D eigenvalue weighted by molar-refractivity contribution is 6.10. The standard InChI is InChI=1S/C26H24N2O/c1-17-11-13-19(14-12-17)26-25-23(27-21-9-5-6-10-22(21)28-26)15-20(16-24(25)29)18-7-3-2-4-8-18/h2-14,20,25-26,28H,15-16H2,1H3/t20-,25-,26-/m0/s1. The van der Waals surface area contributed by atoms with E-state index in [-0.39, 0.29) is 23.7 Å². The molecule has 0 unspecified atom stereocenters. The first-order chi connectivity index (χ1) is 14.2.